The van der Waals surface area contributed by atoms with Crippen molar-refractivity contribution in [2.24, 2.45) is 5.41 Å². The highest BCUT2D eigenvalue weighted by Gasteiger charge is 2.42. The summed E-state index contributed by atoms with van der Waals surface area (Å²) >= 11 is 0. The van der Waals surface area contributed by atoms with Crippen LogP contribution >= 0.6 is 0 Å². The molecule has 0 radical (unpaired) electrons. The topological polar surface area (TPSA) is 58.6 Å². The van der Waals surface area contributed by atoms with Crippen molar-refractivity contribution in [2.45, 2.75) is 57.8 Å². The van der Waals surface area contributed by atoms with E-state index in [-0.39, 0.29) is 17.9 Å². The Morgan fingerprint density at radius 3 is 2.67 bits per heavy atom. The normalized spacial score (nSPS) is 16.8. The molecule has 1 saturated carbocycles. The smallest absolute Gasteiger partial charge is 0.230 e. The van der Waals surface area contributed by atoms with E-state index in [9.17, 15) is 9.90 Å². The second kappa shape index (κ2) is 8.02. The monoisotopic (exact) mass is 333 g/mol. The van der Waals surface area contributed by atoms with E-state index in [4.69, 9.17) is 4.74 Å². The standard InChI is InChI=1S/C20H31NO3/c1-19(2,15-22)10-7-13-21-18(23)20(11-4-5-12-20)16-8-6-9-17(14-16)24-3/h6,8-9,14,22H,4-5,7,10-13,15H2,1-3H3,(H,21,23). The summed E-state index contributed by atoms with van der Waals surface area (Å²) in [6, 6.07) is 7.92. The third-order valence-electron chi connectivity index (χ3n) is 5.26. The summed E-state index contributed by atoms with van der Waals surface area (Å²) < 4.78 is 5.33. The Labute approximate surface area is 145 Å². The lowest BCUT2D eigenvalue weighted by Gasteiger charge is -2.29. The van der Waals surface area contributed by atoms with Gasteiger partial charge in [-0.1, -0.05) is 38.8 Å². The molecule has 0 aliphatic heterocycles. The van der Waals surface area contributed by atoms with Gasteiger partial charge in [0.1, 0.15) is 5.75 Å². The Morgan fingerprint density at radius 2 is 2.04 bits per heavy atom. The molecule has 4 nitrogen and oxygen atoms in total. The third kappa shape index (κ3) is 4.29. The number of carbonyl (C=O) groups is 1. The number of carbonyl (C=O) groups excluding carboxylic acids is 1. The molecule has 1 amide bonds. The molecule has 0 saturated heterocycles. The highest BCUT2D eigenvalue weighted by Crippen LogP contribution is 2.42. The van der Waals surface area contributed by atoms with E-state index >= 15 is 0 Å². The first-order valence-electron chi connectivity index (χ1n) is 8.97. The van der Waals surface area contributed by atoms with Crippen LogP contribution in [0.3, 0.4) is 0 Å². The van der Waals surface area contributed by atoms with Gasteiger partial charge in [-0.05, 0) is 48.8 Å². The Balaban J connectivity index is 2.03. The molecule has 0 atom stereocenters. The summed E-state index contributed by atoms with van der Waals surface area (Å²) in [4.78, 5) is 13.0. The molecule has 0 spiro atoms. The van der Waals surface area contributed by atoms with Crippen LogP contribution in [0, 0.1) is 5.41 Å². The fourth-order valence-electron chi connectivity index (χ4n) is 3.56. The number of hydrogen-bond acceptors (Lipinski definition) is 3. The summed E-state index contributed by atoms with van der Waals surface area (Å²) in [5, 5.41) is 12.5. The molecule has 0 aromatic heterocycles. The maximum Gasteiger partial charge on any atom is 0.230 e. The number of aliphatic hydroxyl groups is 1. The summed E-state index contributed by atoms with van der Waals surface area (Å²) in [6.07, 6.45) is 5.75. The van der Waals surface area contributed by atoms with Gasteiger partial charge in [0.15, 0.2) is 0 Å². The summed E-state index contributed by atoms with van der Waals surface area (Å²) in [6.45, 7) is 4.93. The first-order valence-corrected chi connectivity index (χ1v) is 8.97. The van der Waals surface area contributed by atoms with Gasteiger partial charge in [0.05, 0.1) is 12.5 Å². The predicted molar refractivity (Wildman–Crippen MR) is 96.3 cm³/mol. The highest BCUT2D eigenvalue weighted by atomic mass is 16.5. The van der Waals surface area contributed by atoms with Crippen LogP contribution < -0.4 is 10.1 Å². The van der Waals surface area contributed by atoms with Gasteiger partial charge in [0, 0.05) is 13.2 Å². The molecule has 4 heteroatoms. The maximum absolute atomic E-state index is 13.0. The Bertz CT molecular complexity index is 548. The van der Waals surface area contributed by atoms with Crippen molar-refractivity contribution in [1.29, 1.82) is 0 Å². The first kappa shape index (κ1) is 18.8. The number of ether oxygens (including phenoxy) is 1. The van der Waals surface area contributed by atoms with Gasteiger partial charge in [-0.3, -0.25) is 4.79 Å². The van der Waals surface area contributed by atoms with E-state index < -0.39 is 5.41 Å². The van der Waals surface area contributed by atoms with Crippen molar-refractivity contribution in [2.75, 3.05) is 20.3 Å². The van der Waals surface area contributed by atoms with E-state index in [1.807, 2.05) is 38.1 Å². The zero-order valence-electron chi connectivity index (χ0n) is 15.2. The van der Waals surface area contributed by atoms with E-state index in [0.29, 0.717) is 6.54 Å². The lowest BCUT2D eigenvalue weighted by molar-refractivity contribution is -0.126. The van der Waals surface area contributed by atoms with Crippen LogP contribution in [0.1, 0.15) is 57.9 Å². The number of nitrogens with one attached hydrogen (secondary N) is 1. The molecule has 2 N–H and O–H groups in total. The molecule has 1 aromatic rings. The quantitative estimate of drug-likeness (QED) is 0.717. The van der Waals surface area contributed by atoms with Crippen LogP contribution in [0.25, 0.3) is 0 Å². The van der Waals surface area contributed by atoms with E-state index in [1.54, 1.807) is 7.11 Å². The van der Waals surface area contributed by atoms with Crippen molar-refractivity contribution in [3.63, 3.8) is 0 Å². The number of methoxy groups -OCH3 is 1. The van der Waals surface area contributed by atoms with Crippen LogP contribution in [-0.2, 0) is 10.2 Å². The van der Waals surface area contributed by atoms with Crippen molar-refractivity contribution in [3.8, 4) is 5.75 Å². The van der Waals surface area contributed by atoms with Crippen molar-refractivity contribution < 1.29 is 14.6 Å². The highest BCUT2D eigenvalue weighted by molar-refractivity contribution is 5.88. The zero-order valence-corrected chi connectivity index (χ0v) is 15.2. The molecule has 0 bridgehead atoms. The summed E-state index contributed by atoms with van der Waals surface area (Å²) in [5.41, 5.74) is 0.566. The molecule has 0 unspecified atom stereocenters. The minimum Gasteiger partial charge on any atom is -0.497 e. The Morgan fingerprint density at radius 1 is 1.33 bits per heavy atom. The average molecular weight is 333 g/mol. The lowest BCUT2D eigenvalue weighted by Crippen LogP contribution is -2.43. The molecule has 1 aliphatic rings. The molecule has 24 heavy (non-hydrogen) atoms. The Hall–Kier alpha value is -1.55. The third-order valence-corrected chi connectivity index (χ3v) is 5.26. The number of hydrogen-bond donors (Lipinski definition) is 2. The molecule has 1 aromatic carbocycles. The van der Waals surface area contributed by atoms with Crippen LogP contribution in [-0.4, -0.2) is 31.3 Å². The average Bonchev–Trinajstić information content (AvgIpc) is 3.09. The molecule has 2 rings (SSSR count). The van der Waals surface area contributed by atoms with Gasteiger partial charge in [-0.2, -0.15) is 0 Å². The van der Waals surface area contributed by atoms with E-state index in [2.05, 4.69) is 5.32 Å². The predicted octanol–water partition coefficient (Wildman–Crippen LogP) is 3.42. The lowest BCUT2D eigenvalue weighted by atomic mass is 9.78. The fraction of sp³-hybridized carbons (Fsp3) is 0.650. The van der Waals surface area contributed by atoms with Gasteiger partial charge in [0.25, 0.3) is 0 Å². The van der Waals surface area contributed by atoms with E-state index in [1.165, 1.54) is 0 Å². The number of benzene rings is 1. The molecule has 1 aliphatic carbocycles. The second-order valence-corrected chi connectivity index (χ2v) is 7.70. The maximum atomic E-state index is 13.0. The number of amides is 1. The summed E-state index contributed by atoms with van der Waals surface area (Å²) in [7, 11) is 1.66. The van der Waals surface area contributed by atoms with Crippen LogP contribution in [0.5, 0.6) is 5.75 Å². The largest absolute Gasteiger partial charge is 0.497 e. The van der Waals surface area contributed by atoms with Crippen molar-refractivity contribution in [1.82, 2.24) is 5.32 Å². The number of aliphatic hydroxyl groups excluding tert-OH is 1. The molecular formula is C20H31NO3. The first-order chi connectivity index (χ1) is 11.4. The zero-order chi connectivity index (χ0) is 17.6. The van der Waals surface area contributed by atoms with Crippen LogP contribution in [0.4, 0.5) is 0 Å². The van der Waals surface area contributed by atoms with Crippen molar-refractivity contribution in [3.05, 3.63) is 29.8 Å². The van der Waals surface area contributed by atoms with Crippen LogP contribution in [0.15, 0.2) is 24.3 Å². The molecular weight excluding hydrogens is 302 g/mol. The van der Waals surface area contributed by atoms with Gasteiger partial charge < -0.3 is 15.2 Å². The van der Waals surface area contributed by atoms with Gasteiger partial charge >= 0.3 is 0 Å². The van der Waals surface area contributed by atoms with Gasteiger partial charge in [-0.25, -0.2) is 0 Å². The SMILES string of the molecule is COc1cccc(C2(C(=O)NCCCC(C)(C)CO)CCCC2)c1. The molecule has 1 fully saturated rings. The molecule has 134 valence electrons. The van der Waals surface area contributed by atoms with Gasteiger partial charge in [0.2, 0.25) is 5.91 Å². The second-order valence-electron chi connectivity index (χ2n) is 7.70. The number of rotatable bonds is 8. The van der Waals surface area contributed by atoms with E-state index in [0.717, 1.165) is 49.8 Å². The minimum atomic E-state index is -0.416. The van der Waals surface area contributed by atoms with Crippen molar-refractivity contribution >= 4 is 5.91 Å². The minimum absolute atomic E-state index is 0.0808. The van der Waals surface area contributed by atoms with Crippen LogP contribution in [0.2, 0.25) is 0 Å². The van der Waals surface area contributed by atoms with Gasteiger partial charge in [-0.15, -0.1) is 0 Å². The Kier molecular flexibility index (Phi) is 6.27. The fourth-order valence-corrected chi connectivity index (χ4v) is 3.56. The summed E-state index contributed by atoms with van der Waals surface area (Å²) in [5.74, 6) is 0.936. The molecule has 0 heterocycles.